The lowest BCUT2D eigenvalue weighted by Crippen LogP contribution is -2.16. The van der Waals surface area contributed by atoms with Crippen molar-refractivity contribution in [2.24, 2.45) is 5.73 Å². The zero-order valence-electron chi connectivity index (χ0n) is 9.45. The van der Waals surface area contributed by atoms with Crippen LogP contribution in [0.25, 0.3) is 0 Å². The molecule has 1 aromatic carbocycles. The van der Waals surface area contributed by atoms with Gasteiger partial charge in [0.25, 0.3) is 0 Å². The molecule has 0 atom stereocenters. The minimum absolute atomic E-state index is 0.144. The smallest absolute Gasteiger partial charge is 0.225 e. The molecule has 88 valence electrons. The maximum absolute atomic E-state index is 11.4. The summed E-state index contributed by atoms with van der Waals surface area (Å²) in [6, 6.07) is 5.20. The Morgan fingerprint density at radius 2 is 2.12 bits per heavy atom. The molecule has 1 amide bonds. The van der Waals surface area contributed by atoms with Gasteiger partial charge < -0.3 is 20.5 Å². The predicted molar refractivity (Wildman–Crippen MR) is 61.8 cm³/mol. The molecule has 16 heavy (non-hydrogen) atoms. The third kappa shape index (κ3) is 3.13. The highest BCUT2D eigenvalue weighted by Gasteiger charge is 2.08. The van der Waals surface area contributed by atoms with Gasteiger partial charge in [0.1, 0.15) is 11.5 Å². The number of carbonyl (C=O) groups is 1. The van der Waals surface area contributed by atoms with E-state index >= 15 is 0 Å². The van der Waals surface area contributed by atoms with Crippen molar-refractivity contribution in [3.8, 4) is 11.5 Å². The second-order valence-corrected chi connectivity index (χ2v) is 3.15. The van der Waals surface area contributed by atoms with Gasteiger partial charge in [-0.25, -0.2) is 0 Å². The maximum atomic E-state index is 11.4. The first-order chi connectivity index (χ1) is 7.71. The Morgan fingerprint density at radius 1 is 1.38 bits per heavy atom. The van der Waals surface area contributed by atoms with Gasteiger partial charge in [-0.1, -0.05) is 0 Å². The number of carbonyl (C=O) groups excluding carboxylic acids is 1. The van der Waals surface area contributed by atoms with Gasteiger partial charge in [0.2, 0.25) is 5.91 Å². The van der Waals surface area contributed by atoms with Crippen LogP contribution in [-0.2, 0) is 4.79 Å². The molecule has 0 aromatic heterocycles. The lowest BCUT2D eigenvalue weighted by molar-refractivity contribution is -0.116. The molecule has 3 N–H and O–H groups in total. The van der Waals surface area contributed by atoms with Gasteiger partial charge in [-0.3, -0.25) is 4.79 Å². The Labute approximate surface area is 94.5 Å². The van der Waals surface area contributed by atoms with E-state index in [9.17, 15) is 4.79 Å². The average molecular weight is 224 g/mol. The van der Waals surface area contributed by atoms with Crippen LogP contribution < -0.4 is 20.5 Å². The molecule has 0 aliphatic carbocycles. The molecular weight excluding hydrogens is 208 g/mol. The monoisotopic (exact) mass is 224 g/mol. The summed E-state index contributed by atoms with van der Waals surface area (Å²) < 4.78 is 10.2. The number of methoxy groups -OCH3 is 2. The molecule has 0 aliphatic heterocycles. The fraction of sp³-hybridized carbons (Fsp3) is 0.364. The minimum atomic E-state index is -0.144. The highest BCUT2D eigenvalue weighted by atomic mass is 16.5. The van der Waals surface area contributed by atoms with Crippen molar-refractivity contribution in [1.82, 2.24) is 0 Å². The Bertz CT molecular complexity index is 366. The Morgan fingerprint density at radius 3 is 2.69 bits per heavy atom. The summed E-state index contributed by atoms with van der Waals surface area (Å²) >= 11 is 0. The number of hydrogen-bond acceptors (Lipinski definition) is 4. The second-order valence-electron chi connectivity index (χ2n) is 3.15. The Balaban J connectivity index is 2.86. The van der Waals surface area contributed by atoms with Gasteiger partial charge in [-0.2, -0.15) is 0 Å². The van der Waals surface area contributed by atoms with Crippen molar-refractivity contribution >= 4 is 11.6 Å². The van der Waals surface area contributed by atoms with E-state index in [1.54, 1.807) is 32.4 Å². The number of rotatable bonds is 5. The summed E-state index contributed by atoms with van der Waals surface area (Å²) in [4.78, 5) is 11.4. The highest BCUT2D eigenvalue weighted by Crippen LogP contribution is 2.28. The molecule has 0 aliphatic rings. The molecule has 0 fully saturated rings. The normalized spacial score (nSPS) is 9.69. The first kappa shape index (κ1) is 12.3. The fourth-order valence-electron chi connectivity index (χ4n) is 1.26. The van der Waals surface area contributed by atoms with E-state index in [-0.39, 0.29) is 12.3 Å². The Hall–Kier alpha value is -1.75. The predicted octanol–water partition coefficient (Wildman–Crippen LogP) is 0.991. The van der Waals surface area contributed by atoms with Crippen LogP contribution in [0, 0.1) is 0 Å². The SMILES string of the molecule is COc1ccc(OC)c(NC(=O)CCN)c1. The molecule has 0 saturated heterocycles. The van der Waals surface area contributed by atoms with Gasteiger partial charge in [-0.05, 0) is 12.1 Å². The summed E-state index contributed by atoms with van der Waals surface area (Å²) in [5, 5.41) is 2.71. The summed E-state index contributed by atoms with van der Waals surface area (Å²) in [6.45, 7) is 0.318. The van der Waals surface area contributed by atoms with Crippen LogP contribution in [0.1, 0.15) is 6.42 Å². The number of nitrogens with one attached hydrogen (secondary N) is 1. The Kier molecular flexibility index (Phi) is 4.60. The first-order valence-corrected chi connectivity index (χ1v) is 4.93. The number of anilines is 1. The second kappa shape index (κ2) is 5.97. The molecule has 0 heterocycles. The first-order valence-electron chi connectivity index (χ1n) is 4.93. The molecule has 5 heteroatoms. The van der Waals surface area contributed by atoms with Crippen LogP contribution in [0.4, 0.5) is 5.69 Å². The fourth-order valence-corrected chi connectivity index (χ4v) is 1.26. The average Bonchev–Trinajstić information content (AvgIpc) is 2.29. The standard InChI is InChI=1S/C11H16N2O3/c1-15-8-3-4-10(16-2)9(7-8)13-11(14)5-6-12/h3-4,7H,5-6,12H2,1-2H3,(H,13,14). The summed E-state index contributed by atoms with van der Waals surface area (Å²) in [5.74, 6) is 1.10. The number of nitrogens with two attached hydrogens (primary N) is 1. The van der Waals surface area contributed by atoms with Crippen molar-refractivity contribution in [2.75, 3.05) is 26.1 Å². The summed E-state index contributed by atoms with van der Waals surface area (Å²) in [5.41, 5.74) is 5.88. The number of amides is 1. The molecule has 1 aromatic rings. The van der Waals surface area contributed by atoms with Crippen molar-refractivity contribution in [1.29, 1.82) is 0 Å². The molecular formula is C11H16N2O3. The van der Waals surface area contributed by atoms with E-state index in [4.69, 9.17) is 15.2 Å². The zero-order valence-corrected chi connectivity index (χ0v) is 9.45. The highest BCUT2D eigenvalue weighted by molar-refractivity contribution is 5.92. The van der Waals surface area contributed by atoms with E-state index in [1.165, 1.54) is 0 Å². The molecule has 1 rings (SSSR count). The summed E-state index contributed by atoms with van der Waals surface area (Å²) in [6.07, 6.45) is 0.278. The van der Waals surface area contributed by atoms with E-state index < -0.39 is 0 Å². The molecule has 0 unspecified atom stereocenters. The molecule has 0 spiro atoms. The van der Waals surface area contributed by atoms with Crippen LogP contribution in [0.2, 0.25) is 0 Å². The van der Waals surface area contributed by atoms with Crippen molar-refractivity contribution in [3.63, 3.8) is 0 Å². The van der Waals surface area contributed by atoms with Crippen LogP contribution in [0.15, 0.2) is 18.2 Å². The summed E-state index contributed by atoms with van der Waals surface area (Å²) in [7, 11) is 3.10. The number of benzene rings is 1. The molecule has 5 nitrogen and oxygen atoms in total. The zero-order chi connectivity index (χ0) is 12.0. The largest absolute Gasteiger partial charge is 0.497 e. The topological polar surface area (TPSA) is 73.6 Å². The van der Waals surface area contributed by atoms with E-state index in [2.05, 4.69) is 5.32 Å². The third-order valence-corrected chi connectivity index (χ3v) is 2.05. The van der Waals surface area contributed by atoms with Crippen LogP contribution in [0.3, 0.4) is 0 Å². The quantitative estimate of drug-likeness (QED) is 0.782. The maximum Gasteiger partial charge on any atom is 0.225 e. The van der Waals surface area contributed by atoms with Gasteiger partial charge in [-0.15, -0.1) is 0 Å². The van der Waals surface area contributed by atoms with Crippen LogP contribution in [0.5, 0.6) is 11.5 Å². The number of hydrogen-bond donors (Lipinski definition) is 2. The molecule has 0 bridgehead atoms. The minimum Gasteiger partial charge on any atom is -0.497 e. The lowest BCUT2D eigenvalue weighted by Gasteiger charge is -2.11. The van der Waals surface area contributed by atoms with Crippen molar-refractivity contribution < 1.29 is 14.3 Å². The van der Waals surface area contributed by atoms with E-state index in [0.717, 1.165) is 0 Å². The van der Waals surface area contributed by atoms with Crippen molar-refractivity contribution in [3.05, 3.63) is 18.2 Å². The van der Waals surface area contributed by atoms with Gasteiger partial charge in [0, 0.05) is 19.0 Å². The van der Waals surface area contributed by atoms with Crippen molar-refractivity contribution in [2.45, 2.75) is 6.42 Å². The number of ether oxygens (including phenoxy) is 2. The van der Waals surface area contributed by atoms with Crippen LogP contribution in [-0.4, -0.2) is 26.7 Å². The molecule has 0 saturated carbocycles. The van der Waals surface area contributed by atoms with Gasteiger partial charge >= 0.3 is 0 Å². The van der Waals surface area contributed by atoms with E-state index in [0.29, 0.717) is 23.7 Å². The van der Waals surface area contributed by atoms with Gasteiger partial charge in [0.15, 0.2) is 0 Å². The van der Waals surface area contributed by atoms with Gasteiger partial charge in [0.05, 0.1) is 19.9 Å². The third-order valence-electron chi connectivity index (χ3n) is 2.05. The van der Waals surface area contributed by atoms with E-state index in [1.807, 2.05) is 0 Å². The molecule has 0 radical (unpaired) electrons. The van der Waals surface area contributed by atoms with Crippen LogP contribution >= 0.6 is 0 Å². The lowest BCUT2D eigenvalue weighted by atomic mass is 10.2.